The summed E-state index contributed by atoms with van der Waals surface area (Å²) in [5.41, 5.74) is 2.99. The largest absolute Gasteiger partial charge is 0.507 e. The maximum absolute atomic E-state index is 12.4. The Kier molecular flexibility index (Phi) is 5.37. The van der Waals surface area contributed by atoms with Gasteiger partial charge in [0, 0.05) is 24.6 Å². The highest BCUT2D eigenvalue weighted by atomic mass is 35.5. The first-order chi connectivity index (χ1) is 12.9. The van der Waals surface area contributed by atoms with E-state index in [4.69, 9.17) is 16.1 Å². The minimum absolute atomic E-state index is 0.0558. The van der Waals surface area contributed by atoms with Crippen LogP contribution in [0.1, 0.15) is 34.1 Å². The van der Waals surface area contributed by atoms with Crippen LogP contribution in [0.25, 0.3) is 11.3 Å². The van der Waals surface area contributed by atoms with Crippen molar-refractivity contribution in [1.29, 1.82) is 0 Å². The van der Waals surface area contributed by atoms with Crippen LogP contribution in [0.15, 0.2) is 40.9 Å². The molecule has 1 aromatic heterocycles. The Morgan fingerprint density at radius 1 is 1.22 bits per heavy atom. The number of hydrogen-bond acceptors (Lipinski definition) is 5. The van der Waals surface area contributed by atoms with Crippen molar-refractivity contribution in [2.45, 2.75) is 20.3 Å². The van der Waals surface area contributed by atoms with Gasteiger partial charge in [0.25, 0.3) is 5.91 Å². The lowest BCUT2D eigenvalue weighted by Gasteiger charge is -2.08. The normalized spacial score (nSPS) is 10.8. The zero-order chi connectivity index (χ0) is 19.6. The molecule has 0 unspecified atom stereocenters. The number of halogens is 1. The van der Waals surface area contributed by atoms with Gasteiger partial charge >= 0.3 is 0 Å². The fourth-order valence-corrected chi connectivity index (χ4v) is 3.03. The lowest BCUT2D eigenvalue weighted by molar-refractivity contribution is 0.0946. The molecule has 7 heteroatoms. The summed E-state index contributed by atoms with van der Waals surface area (Å²) in [7, 11) is 0. The monoisotopic (exact) mass is 386 g/mol. The van der Waals surface area contributed by atoms with E-state index in [9.17, 15) is 15.0 Å². The fraction of sp³-hybridized carbons (Fsp3) is 0.200. The van der Waals surface area contributed by atoms with Gasteiger partial charge in [0.15, 0.2) is 11.5 Å². The molecule has 3 aromatic rings. The minimum atomic E-state index is -0.362. The quantitative estimate of drug-likeness (QED) is 0.614. The van der Waals surface area contributed by atoms with Gasteiger partial charge in [-0.2, -0.15) is 0 Å². The third-order valence-corrected chi connectivity index (χ3v) is 4.42. The second-order valence-corrected chi connectivity index (χ2v) is 6.59. The molecule has 0 aliphatic carbocycles. The van der Waals surface area contributed by atoms with E-state index in [-0.39, 0.29) is 39.4 Å². The first kappa shape index (κ1) is 18.8. The van der Waals surface area contributed by atoms with E-state index in [1.165, 1.54) is 6.07 Å². The van der Waals surface area contributed by atoms with Crippen LogP contribution in [-0.4, -0.2) is 27.8 Å². The molecule has 0 aliphatic heterocycles. The Hall–Kier alpha value is -2.99. The van der Waals surface area contributed by atoms with Crippen molar-refractivity contribution in [2.24, 2.45) is 0 Å². The van der Waals surface area contributed by atoms with Gasteiger partial charge in [-0.05, 0) is 25.5 Å². The molecule has 0 fully saturated rings. The molecular weight excluding hydrogens is 368 g/mol. The SMILES string of the molecule is CCNC(=O)c1noc(-c2cc(Cl)c(O)cc2O)c1Cc1cccc(C)c1. The Bertz CT molecular complexity index is 998. The Morgan fingerprint density at radius 3 is 2.70 bits per heavy atom. The van der Waals surface area contributed by atoms with E-state index < -0.39 is 0 Å². The molecule has 1 amide bonds. The molecule has 0 saturated carbocycles. The molecule has 0 aliphatic rings. The molecular formula is C20H19ClN2O4. The van der Waals surface area contributed by atoms with Gasteiger partial charge in [-0.3, -0.25) is 4.79 Å². The number of nitrogens with zero attached hydrogens (tertiary/aromatic N) is 1. The molecule has 0 saturated heterocycles. The van der Waals surface area contributed by atoms with Gasteiger partial charge in [0.1, 0.15) is 11.5 Å². The van der Waals surface area contributed by atoms with E-state index in [0.29, 0.717) is 18.5 Å². The lowest BCUT2D eigenvalue weighted by atomic mass is 9.97. The number of amides is 1. The number of benzene rings is 2. The summed E-state index contributed by atoms with van der Waals surface area (Å²) in [5, 5.41) is 26.6. The van der Waals surface area contributed by atoms with Crippen molar-refractivity contribution in [3.05, 3.63) is 63.8 Å². The van der Waals surface area contributed by atoms with Crippen molar-refractivity contribution in [1.82, 2.24) is 10.5 Å². The van der Waals surface area contributed by atoms with Crippen molar-refractivity contribution < 1.29 is 19.5 Å². The predicted octanol–water partition coefficient (Wildman–Crippen LogP) is 4.06. The van der Waals surface area contributed by atoms with Crippen LogP contribution in [0.4, 0.5) is 0 Å². The summed E-state index contributed by atoms with van der Waals surface area (Å²) in [6.07, 6.45) is 0.380. The summed E-state index contributed by atoms with van der Waals surface area (Å²) in [6, 6.07) is 10.4. The first-order valence-electron chi connectivity index (χ1n) is 8.44. The molecule has 2 aromatic carbocycles. The van der Waals surface area contributed by atoms with Crippen LogP contribution in [-0.2, 0) is 6.42 Å². The molecule has 3 rings (SSSR count). The number of phenols is 2. The molecule has 0 atom stereocenters. The van der Waals surface area contributed by atoms with Crippen LogP contribution >= 0.6 is 11.6 Å². The zero-order valence-electron chi connectivity index (χ0n) is 14.9. The topological polar surface area (TPSA) is 95.6 Å². The van der Waals surface area contributed by atoms with Crippen molar-refractivity contribution in [3.8, 4) is 22.8 Å². The number of nitrogens with one attached hydrogen (secondary N) is 1. The van der Waals surface area contributed by atoms with Crippen LogP contribution in [0.3, 0.4) is 0 Å². The highest BCUT2D eigenvalue weighted by Crippen LogP contribution is 2.40. The number of rotatable bonds is 5. The molecule has 0 radical (unpaired) electrons. The number of carbonyl (C=O) groups is 1. The molecule has 140 valence electrons. The third-order valence-electron chi connectivity index (χ3n) is 4.11. The number of aromatic hydroxyl groups is 2. The molecule has 0 bridgehead atoms. The van der Waals surface area contributed by atoms with Crippen LogP contribution in [0, 0.1) is 6.92 Å². The van der Waals surface area contributed by atoms with Gasteiger partial charge in [0.2, 0.25) is 0 Å². The first-order valence-corrected chi connectivity index (χ1v) is 8.82. The smallest absolute Gasteiger partial charge is 0.273 e. The lowest BCUT2D eigenvalue weighted by Crippen LogP contribution is -2.24. The minimum Gasteiger partial charge on any atom is -0.507 e. The summed E-state index contributed by atoms with van der Waals surface area (Å²) in [4.78, 5) is 12.4. The number of aromatic nitrogens is 1. The number of aryl methyl sites for hydroxylation is 1. The fourth-order valence-electron chi connectivity index (χ4n) is 2.87. The highest BCUT2D eigenvalue weighted by molar-refractivity contribution is 6.32. The van der Waals surface area contributed by atoms with Crippen LogP contribution in [0.5, 0.6) is 11.5 Å². The molecule has 0 spiro atoms. The molecule has 1 heterocycles. The van der Waals surface area contributed by atoms with Gasteiger partial charge in [-0.1, -0.05) is 46.6 Å². The van der Waals surface area contributed by atoms with Gasteiger partial charge in [-0.15, -0.1) is 0 Å². The van der Waals surface area contributed by atoms with Crippen molar-refractivity contribution in [3.63, 3.8) is 0 Å². The summed E-state index contributed by atoms with van der Waals surface area (Å²) >= 11 is 5.99. The Labute approximate surface area is 161 Å². The summed E-state index contributed by atoms with van der Waals surface area (Å²) in [5.74, 6) is -0.598. The molecule has 27 heavy (non-hydrogen) atoms. The van der Waals surface area contributed by atoms with Gasteiger partial charge in [-0.25, -0.2) is 0 Å². The maximum Gasteiger partial charge on any atom is 0.273 e. The molecule has 6 nitrogen and oxygen atoms in total. The van der Waals surface area contributed by atoms with Crippen LogP contribution in [0.2, 0.25) is 5.02 Å². The van der Waals surface area contributed by atoms with Crippen molar-refractivity contribution in [2.75, 3.05) is 6.54 Å². The van der Waals surface area contributed by atoms with Gasteiger partial charge in [0.05, 0.1) is 10.6 Å². The summed E-state index contributed by atoms with van der Waals surface area (Å²) in [6.45, 7) is 4.24. The average molecular weight is 387 g/mol. The van der Waals surface area contributed by atoms with E-state index in [0.717, 1.165) is 17.2 Å². The summed E-state index contributed by atoms with van der Waals surface area (Å²) < 4.78 is 5.42. The second-order valence-electron chi connectivity index (χ2n) is 6.18. The Morgan fingerprint density at radius 2 is 2.00 bits per heavy atom. The standard InChI is InChI=1S/C20H19ClN2O4/c1-3-22-20(26)18-14(8-12-6-4-5-11(2)7-12)19(27-23-18)13-9-15(21)17(25)10-16(13)24/h4-7,9-10,24-25H,3,8H2,1-2H3,(H,22,26). The average Bonchev–Trinajstić information content (AvgIpc) is 3.02. The van der Waals surface area contributed by atoms with E-state index >= 15 is 0 Å². The number of carbonyl (C=O) groups excluding carboxylic acids is 1. The zero-order valence-corrected chi connectivity index (χ0v) is 15.7. The van der Waals surface area contributed by atoms with Gasteiger partial charge < -0.3 is 20.1 Å². The molecule has 3 N–H and O–H groups in total. The van der Waals surface area contributed by atoms with E-state index in [1.807, 2.05) is 38.1 Å². The number of hydrogen-bond donors (Lipinski definition) is 3. The van der Waals surface area contributed by atoms with Crippen molar-refractivity contribution >= 4 is 17.5 Å². The highest BCUT2D eigenvalue weighted by Gasteiger charge is 2.25. The second kappa shape index (κ2) is 7.72. The maximum atomic E-state index is 12.4. The van der Waals surface area contributed by atoms with E-state index in [1.54, 1.807) is 0 Å². The third kappa shape index (κ3) is 3.90. The van der Waals surface area contributed by atoms with E-state index in [2.05, 4.69) is 10.5 Å². The van der Waals surface area contributed by atoms with Crippen LogP contribution < -0.4 is 5.32 Å². The predicted molar refractivity (Wildman–Crippen MR) is 102 cm³/mol. The number of phenolic OH excluding ortho intramolecular Hbond substituents is 2. The Balaban J connectivity index is 2.14.